The first-order valence-corrected chi connectivity index (χ1v) is 11.9. The van der Waals surface area contributed by atoms with Crippen molar-refractivity contribution in [1.82, 2.24) is 21.0 Å². The van der Waals surface area contributed by atoms with Gasteiger partial charge in [-0.1, -0.05) is 71.8 Å². The van der Waals surface area contributed by atoms with Crippen LogP contribution in [0.15, 0.2) is 69.9 Å². The molecule has 1 aromatic heterocycles. The zero-order chi connectivity index (χ0) is 22.1. The lowest BCUT2D eigenvalue weighted by Gasteiger charge is -2.11. The molecule has 0 atom stereocenters. The molecule has 3 aromatic rings. The average Bonchev–Trinajstić information content (AvgIpc) is 3.23. The molecule has 2 aromatic carbocycles. The largest absolute Gasteiger partial charge is 0.427 e. The molecule has 10 heteroatoms. The van der Waals surface area contributed by atoms with E-state index in [1.165, 1.54) is 35.6 Å². The molecular weight excluding hydrogens is 452 g/mol. The molecule has 7 nitrogen and oxygen atoms in total. The quantitative estimate of drug-likeness (QED) is 0.197. The Bertz CT molecular complexity index is 1040. The lowest BCUT2D eigenvalue weighted by molar-refractivity contribution is -0.131. The fourth-order valence-corrected chi connectivity index (χ4v) is 5.08. The zero-order valence-electron chi connectivity index (χ0n) is 16.7. The number of carbonyl (C=O) groups excluding carboxylic acids is 2. The van der Waals surface area contributed by atoms with Crippen LogP contribution in [0.3, 0.4) is 0 Å². The molecule has 31 heavy (non-hydrogen) atoms. The van der Waals surface area contributed by atoms with Crippen LogP contribution in [0.4, 0.5) is 0 Å². The van der Waals surface area contributed by atoms with Crippen molar-refractivity contribution in [2.45, 2.75) is 21.4 Å². The summed E-state index contributed by atoms with van der Waals surface area (Å²) in [5.74, 6) is 0.879. The molecule has 1 amide bonds. The standard InChI is InChI=1S/C21H20N4O3S3/c1-14(17-8-10-18(11-9-17)28-15(2)26)22-23-19(27)13-30-21-25-24-20(31-21)29-12-16-6-4-3-5-7-16/h3-11,22H,1,12-13H2,2H3,(H,23,27). The Morgan fingerprint density at radius 3 is 2.35 bits per heavy atom. The summed E-state index contributed by atoms with van der Waals surface area (Å²) < 4.78 is 6.60. The van der Waals surface area contributed by atoms with Crippen molar-refractivity contribution in [3.8, 4) is 5.75 Å². The number of amides is 1. The molecule has 0 unspecified atom stereocenters. The minimum atomic E-state index is -0.383. The summed E-state index contributed by atoms with van der Waals surface area (Å²) >= 11 is 4.42. The number of carbonyl (C=O) groups is 2. The van der Waals surface area contributed by atoms with Crippen molar-refractivity contribution in [2.24, 2.45) is 0 Å². The van der Waals surface area contributed by atoms with Gasteiger partial charge in [0.2, 0.25) is 5.91 Å². The molecule has 3 rings (SSSR count). The van der Waals surface area contributed by atoms with Gasteiger partial charge in [-0.2, -0.15) is 0 Å². The van der Waals surface area contributed by atoms with Crippen LogP contribution in [-0.4, -0.2) is 27.8 Å². The number of ether oxygens (including phenoxy) is 1. The normalized spacial score (nSPS) is 10.4. The molecule has 0 aliphatic rings. The Hall–Kier alpha value is -2.82. The van der Waals surface area contributed by atoms with Gasteiger partial charge in [0.05, 0.1) is 11.4 Å². The molecule has 160 valence electrons. The Labute approximate surface area is 192 Å². The third kappa shape index (κ3) is 7.74. The molecule has 0 aliphatic heterocycles. The summed E-state index contributed by atoms with van der Waals surface area (Å²) in [7, 11) is 0. The smallest absolute Gasteiger partial charge is 0.308 e. The number of thioether (sulfide) groups is 2. The molecule has 0 fully saturated rings. The summed E-state index contributed by atoms with van der Waals surface area (Å²) in [5, 5.41) is 8.29. The van der Waals surface area contributed by atoms with E-state index in [0.717, 1.165) is 20.0 Å². The Morgan fingerprint density at radius 1 is 1.00 bits per heavy atom. The molecule has 0 bridgehead atoms. The van der Waals surface area contributed by atoms with Crippen molar-refractivity contribution >= 4 is 52.4 Å². The van der Waals surface area contributed by atoms with Crippen molar-refractivity contribution in [1.29, 1.82) is 0 Å². The number of nitrogens with zero attached hydrogens (tertiary/aromatic N) is 2. The van der Waals surface area contributed by atoms with E-state index in [1.807, 2.05) is 18.2 Å². The number of benzene rings is 2. The highest BCUT2D eigenvalue weighted by Crippen LogP contribution is 2.30. The van der Waals surface area contributed by atoms with E-state index in [4.69, 9.17) is 4.74 Å². The number of nitrogens with one attached hydrogen (secondary N) is 2. The first-order chi connectivity index (χ1) is 15.0. The second-order valence-corrected chi connectivity index (χ2v) is 9.59. The van der Waals surface area contributed by atoms with Gasteiger partial charge < -0.3 is 4.74 Å². The first-order valence-electron chi connectivity index (χ1n) is 9.15. The molecular formula is C21H20N4O3S3. The highest BCUT2D eigenvalue weighted by Gasteiger charge is 2.09. The van der Waals surface area contributed by atoms with Crippen molar-refractivity contribution < 1.29 is 14.3 Å². The predicted octanol–water partition coefficient (Wildman–Crippen LogP) is 4.14. The van der Waals surface area contributed by atoms with E-state index in [-0.39, 0.29) is 17.6 Å². The second kappa shape index (κ2) is 11.5. The van der Waals surface area contributed by atoms with Crippen molar-refractivity contribution in [3.63, 3.8) is 0 Å². The van der Waals surface area contributed by atoms with E-state index >= 15 is 0 Å². The van der Waals surface area contributed by atoms with Crippen LogP contribution >= 0.6 is 34.9 Å². The minimum Gasteiger partial charge on any atom is -0.427 e. The van der Waals surface area contributed by atoms with Gasteiger partial charge >= 0.3 is 5.97 Å². The molecule has 2 N–H and O–H groups in total. The monoisotopic (exact) mass is 472 g/mol. The van der Waals surface area contributed by atoms with E-state index in [2.05, 4.69) is 39.8 Å². The van der Waals surface area contributed by atoms with E-state index in [1.54, 1.807) is 36.0 Å². The van der Waals surface area contributed by atoms with Crippen LogP contribution in [0.1, 0.15) is 18.1 Å². The Morgan fingerprint density at radius 2 is 1.68 bits per heavy atom. The van der Waals surface area contributed by atoms with Gasteiger partial charge in [0.25, 0.3) is 0 Å². The highest BCUT2D eigenvalue weighted by atomic mass is 32.2. The van der Waals surface area contributed by atoms with Crippen molar-refractivity contribution in [2.75, 3.05) is 5.75 Å². The molecule has 0 aliphatic carbocycles. The van der Waals surface area contributed by atoms with Gasteiger partial charge in [-0.15, -0.1) is 10.2 Å². The number of hydrogen-bond acceptors (Lipinski definition) is 9. The fraction of sp³-hybridized carbons (Fsp3) is 0.143. The number of hydrazine groups is 1. The summed E-state index contributed by atoms with van der Waals surface area (Å²) in [6, 6.07) is 17.0. The number of aromatic nitrogens is 2. The SMILES string of the molecule is C=C(NNC(=O)CSc1nnc(SCc2ccccc2)s1)c1ccc(OC(C)=O)cc1. The van der Waals surface area contributed by atoms with Gasteiger partial charge in [-0.3, -0.25) is 20.4 Å². The van der Waals surface area contributed by atoms with Crippen LogP contribution < -0.4 is 15.6 Å². The minimum absolute atomic E-state index is 0.198. The lowest BCUT2D eigenvalue weighted by atomic mass is 10.2. The summed E-state index contributed by atoms with van der Waals surface area (Å²) in [5.41, 5.74) is 7.89. The fourth-order valence-electron chi connectivity index (χ4n) is 2.30. The van der Waals surface area contributed by atoms with Gasteiger partial charge in [0, 0.05) is 12.7 Å². The molecule has 0 radical (unpaired) electrons. The topological polar surface area (TPSA) is 93.2 Å². The second-order valence-electron chi connectivity index (χ2n) is 6.17. The van der Waals surface area contributed by atoms with E-state index in [9.17, 15) is 9.59 Å². The van der Waals surface area contributed by atoms with Crippen LogP contribution in [0.2, 0.25) is 0 Å². The van der Waals surface area contributed by atoms with Gasteiger partial charge in [0.15, 0.2) is 8.68 Å². The summed E-state index contributed by atoms with van der Waals surface area (Å²) in [6.07, 6.45) is 0. The predicted molar refractivity (Wildman–Crippen MR) is 125 cm³/mol. The molecule has 0 saturated heterocycles. The number of rotatable bonds is 10. The van der Waals surface area contributed by atoms with Crippen LogP contribution in [0.25, 0.3) is 5.70 Å². The zero-order valence-corrected chi connectivity index (χ0v) is 19.1. The first kappa shape index (κ1) is 22.9. The third-order valence-corrected chi connectivity index (χ3v) is 7.00. The van der Waals surface area contributed by atoms with Crippen LogP contribution in [-0.2, 0) is 15.3 Å². The Balaban J connectivity index is 1.38. The maximum Gasteiger partial charge on any atom is 0.308 e. The van der Waals surface area contributed by atoms with Gasteiger partial charge in [-0.25, -0.2) is 0 Å². The maximum atomic E-state index is 12.1. The Kier molecular flexibility index (Phi) is 8.51. The maximum absolute atomic E-state index is 12.1. The lowest BCUT2D eigenvalue weighted by Crippen LogP contribution is -2.37. The summed E-state index contributed by atoms with van der Waals surface area (Å²) in [4.78, 5) is 23.1. The van der Waals surface area contributed by atoms with E-state index in [0.29, 0.717) is 11.4 Å². The van der Waals surface area contributed by atoms with Gasteiger partial charge in [-0.05, 0) is 35.4 Å². The molecule has 0 spiro atoms. The molecule has 0 saturated carbocycles. The summed E-state index contributed by atoms with van der Waals surface area (Å²) in [6.45, 7) is 5.23. The number of esters is 1. The number of hydrogen-bond donors (Lipinski definition) is 2. The highest BCUT2D eigenvalue weighted by molar-refractivity contribution is 8.03. The third-order valence-electron chi connectivity index (χ3n) is 3.74. The van der Waals surface area contributed by atoms with Crippen LogP contribution in [0.5, 0.6) is 5.75 Å². The van der Waals surface area contributed by atoms with Crippen LogP contribution in [0, 0.1) is 0 Å². The average molecular weight is 473 g/mol. The van der Waals surface area contributed by atoms with Crippen molar-refractivity contribution in [3.05, 3.63) is 72.3 Å². The molecule has 1 heterocycles. The van der Waals surface area contributed by atoms with E-state index < -0.39 is 0 Å². The van der Waals surface area contributed by atoms with Gasteiger partial charge in [0.1, 0.15) is 5.75 Å².